The van der Waals surface area contributed by atoms with Gasteiger partial charge in [0.05, 0.1) is 12.1 Å². The summed E-state index contributed by atoms with van der Waals surface area (Å²) in [5.74, 6) is -0.283. The van der Waals surface area contributed by atoms with E-state index < -0.39 is 0 Å². The predicted molar refractivity (Wildman–Crippen MR) is 54.0 cm³/mol. The summed E-state index contributed by atoms with van der Waals surface area (Å²) < 4.78 is 12.9. The first kappa shape index (κ1) is 9.40. The molecule has 2 rings (SSSR count). The molecule has 2 nitrogen and oxygen atoms in total. The van der Waals surface area contributed by atoms with Crippen LogP contribution in [0.1, 0.15) is 16.8 Å². The van der Waals surface area contributed by atoms with Crippen molar-refractivity contribution >= 4 is 17.2 Å². The molecule has 0 unspecified atom stereocenters. The van der Waals surface area contributed by atoms with Gasteiger partial charge in [-0.05, 0) is 23.9 Å². The van der Waals surface area contributed by atoms with Gasteiger partial charge in [0.2, 0.25) is 0 Å². The molecule has 0 saturated heterocycles. The van der Waals surface area contributed by atoms with Crippen LogP contribution in [0.3, 0.4) is 0 Å². The molecule has 0 N–H and O–H groups in total. The van der Waals surface area contributed by atoms with Crippen LogP contribution in [0.5, 0.6) is 0 Å². The van der Waals surface area contributed by atoms with E-state index in [0.29, 0.717) is 18.5 Å². The summed E-state index contributed by atoms with van der Waals surface area (Å²) in [6, 6.07) is 1.77. The van der Waals surface area contributed by atoms with Crippen molar-refractivity contribution in [1.29, 1.82) is 0 Å². The Morgan fingerprint density at radius 1 is 1.57 bits per heavy atom. The first-order valence-electron chi connectivity index (χ1n) is 4.43. The van der Waals surface area contributed by atoms with Crippen molar-refractivity contribution in [3.05, 3.63) is 34.3 Å². The molecule has 1 aromatic rings. The van der Waals surface area contributed by atoms with Crippen LogP contribution in [-0.4, -0.2) is 23.9 Å². The second-order valence-corrected chi connectivity index (χ2v) is 3.96. The zero-order valence-electron chi connectivity index (χ0n) is 7.57. The molecule has 0 atom stereocenters. The van der Waals surface area contributed by atoms with Gasteiger partial charge in [-0.25, -0.2) is 4.39 Å². The third-order valence-electron chi connectivity index (χ3n) is 2.16. The summed E-state index contributed by atoms with van der Waals surface area (Å²) in [6.07, 6.45) is 2.15. The molecule has 0 aliphatic carbocycles. The minimum absolute atomic E-state index is 0.0745. The molecule has 0 bridgehead atoms. The predicted octanol–water partition coefficient (Wildman–Crippen LogP) is 2.45. The van der Waals surface area contributed by atoms with Crippen molar-refractivity contribution in [2.45, 2.75) is 6.42 Å². The lowest BCUT2D eigenvalue weighted by Gasteiger charge is -2.23. The summed E-state index contributed by atoms with van der Waals surface area (Å²) in [6.45, 7) is 0.733. The maximum Gasteiger partial charge on any atom is 0.255 e. The molecule has 14 heavy (non-hydrogen) atoms. The van der Waals surface area contributed by atoms with Gasteiger partial charge in [0, 0.05) is 11.9 Å². The molecular formula is C10H10FNOS. The number of carbonyl (C=O) groups excluding carboxylic acids is 1. The molecule has 2 heterocycles. The molecule has 0 fully saturated rings. The van der Waals surface area contributed by atoms with E-state index in [9.17, 15) is 9.18 Å². The normalized spacial score (nSPS) is 16.6. The topological polar surface area (TPSA) is 20.3 Å². The quantitative estimate of drug-likeness (QED) is 0.698. The van der Waals surface area contributed by atoms with E-state index in [-0.39, 0.29) is 18.3 Å². The van der Waals surface area contributed by atoms with Crippen molar-refractivity contribution in [2.75, 3.05) is 13.1 Å². The van der Waals surface area contributed by atoms with Crippen molar-refractivity contribution in [1.82, 2.24) is 4.90 Å². The fraction of sp³-hybridized carbons (Fsp3) is 0.300. The molecule has 0 saturated carbocycles. The van der Waals surface area contributed by atoms with E-state index in [0.717, 1.165) is 0 Å². The highest BCUT2D eigenvalue weighted by molar-refractivity contribution is 7.08. The van der Waals surface area contributed by atoms with Gasteiger partial charge in [-0.3, -0.25) is 4.79 Å². The smallest absolute Gasteiger partial charge is 0.255 e. The summed E-state index contributed by atoms with van der Waals surface area (Å²) in [4.78, 5) is 13.3. The molecule has 0 radical (unpaired) electrons. The van der Waals surface area contributed by atoms with Crippen molar-refractivity contribution in [3.8, 4) is 0 Å². The maximum absolute atomic E-state index is 12.9. The van der Waals surface area contributed by atoms with Gasteiger partial charge >= 0.3 is 0 Å². The van der Waals surface area contributed by atoms with E-state index >= 15 is 0 Å². The van der Waals surface area contributed by atoms with Crippen LogP contribution in [0.25, 0.3) is 0 Å². The Kier molecular flexibility index (Phi) is 2.63. The summed E-state index contributed by atoms with van der Waals surface area (Å²) in [7, 11) is 0. The SMILES string of the molecule is O=C(c1ccsc1)N1CCC=C(F)C1. The van der Waals surface area contributed by atoms with E-state index in [1.807, 2.05) is 5.38 Å². The highest BCUT2D eigenvalue weighted by atomic mass is 32.1. The number of nitrogens with zero attached hydrogens (tertiary/aromatic N) is 1. The number of halogens is 1. The zero-order valence-corrected chi connectivity index (χ0v) is 8.39. The number of hydrogen-bond acceptors (Lipinski definition) is 2. The lowest BCUT2D eigenvalue weighted by Crippen LogP contribution is -2.34. The minimum atomic E-state index is -0.208. The minimum Gasteiger partial charge on any atom is -0.332 e. The molecule has 1 aliphatic rings. The van der Waals surface area contributed by atoms with Gasteiger partial charge < -0.3 is 4.90 Å². The first-order chi connectivity index (χ1) is 6.77. The number of carbonyl (C=O) groups is 1. The summed E-state index contributed by atoms with van der Waals surface area (Å²) in [5, 5.41) is 3.64. The highest BCUT2D eigenvalue weighted by Crippen LogP contribution is 2.15. The molecular weight excluding hydrogens is 201 g/mol. The van der Waals surface area contributed by atoms with E-state index in [4.69, 9.17) is 0 Å². The van der Waals surface area contributed by atoms with Crippen LogP contribution >= 0.6 is 11.3 Å². The Labute approximate surface area is 85.7 Å². The number of rotatable bonds is 1. The second kappa shape index (κ2) is 3.92. The maximum atomic E-state index is 12.9. The Morgan fingerprint density at radius 2 is 2.43 bits per heavy atom. The molecule has 4 heteroatoms. The van der Waals surface area contributed by atoms with Crippen LogP contribution in [0.2, 0.25) is 0 Å². The van der Waals surface area contributed by atoms with Crippen molar-refractivity contribution in [2.24, 2.45) is 0 Å². The summed E-state index contributed by atoms with van der Waals surface area (Å²) >= 11 is 1.48. The van der Waals surface area contributed by atoms with E-state index in [1.165, 1.54) is 22.3 Å². The monoisotopic (exact) mass is 211 g/mol. The molecule has 1 aliphatic heterocycles. The fourth-order valence-corrected chi connectivity index (χ4v) is 2.07. The second-order valence-electron chi connectivity index (χ2n) is 3.18. The molecule has 74 valence electrons. The molecule has 0 aromatic carbocycles. The van der Waals surface area contributed by atoms with Crippen LogP contribution < -0.4 is 0 Å². The third-order valence-corrected chi connectivity index (χ3v) is 2.85. The standard InChI is InChI=1S/C10H10FNOS/c11-9-2-1-4-12(6-9)10(13)8-3-5-14-7-8/h2-3,5,7H,1,4,6H2. The van der Waals surface area contributed by atoms with Crippen LogP contribution in [0.4, 0.5) is 4.39 Å². The number of hydrogen-bond donors (Lipinski definition) is 0. The zero-order chi connectivity index (χ0) is 9.97. The Bertz CT molecular complexity index is 358. The van der Waals surface area contributed by atoms with Crippen molar-refractivity contribution < 1.29 is 9.18 Å². The van der Waals surface area contributed by atoms with Crippen LogP contribution in [0, 0.1) is 0 Å². The van der Waals surface area contributed by atoms with E-state index in [1.54, 1.807) is 11.4 Å². The molecule has 0 spiro atoms. The number of thiophene rings is 1. The first-order valence-corrected chi connectivity index (χ1v) is 5.37. The summed E-state index contributed by atoms with van der Waals surface area (Å²) in [5.41, 5.74) is 0.657. The Hall–Kier alpha value is -1.16. The Balaban J connectivity index is 2.10. The van der Waals surface area contributed by atoms with E-state index in [2.05, 4.69) is 0 Å². The van der Waals surface area contributed by atoms with Crippen LogP contribution in [-0.2, 0) is 0 Å². The lowest BCUT2D eigenvalue weighted by molar-refractivity contribution is 0.0756. The van der Waals surface area contributed by atoms with Crippen LogP contribution in [0.15, 0.2) is 28.7 Å². The van der Waals surface area contributed by atoms with Gasteiger partial charge in [0.15, 0.2) is 0 Å². The molecule has 1 aromatic heterocycles. The highest BCUT2D eigenvalue weighted by Gasteiger charge is 2.19. The lowest BCUT2D eigenvalue weighted by atomic mass is 10.2. The average molecular weight is 211 g/mol. The van der Waals surface area contributed by atoms with Gasteiger partial charge in [-0.1, -0.05) is 0 Å². The van der Waals surface area contributed by atoms with Gasteiger partial charge in [0.1, 0.15) is 5.83 Å². The average Bonchev–Trinajstić information content (AvgIpc) is 2.69. The van der Waals surface area contributed by atoms with Gasteiger partial charge in [0.25, 0.3) is 5.91 Å². The fourth-order valence-electron chi connectivity index (χ4n) is 1.45. The Morgan fingerprint density at radius 3 is 3.07 bits per heavy atom. The van der Waals surface area contributed by atoms with Crippen molar-refractivity contribution in [3.63, 3.8) is 0 Å². The number of amides is 1. The van der Waals surface area contributed by atoms with Gasteiger partial charge in [-0.2, -0.15) is 11.3 Å². The third kappa shape index (κ3) is 1.85. The molecule has 1 amide bonds. The largest absolute Gasteiger partial charge is 0.332 e. The van der Waals surface area contributed by atoms with Gasteiger partial charge in [-0.15, -0.1) is 0 Å².